The lowest BCUT2D eigenvalue weighted by Gasteiger charge is -2.19. The predicted octanol–water partition coefficient (Wildman–Crippen LogP) is 2.87. The Morgan fingerprint density at radius 1 is 1.35 bits per heavy atom. The van der Waals surface area contributed by atoms with Crippen molar-refractivity contribution < 1.29 is 13.5 Å². The predicted molar refractivity (Wildman–Crippen MR) is 64.4 cm³/mol. The summed E-state index contributed by atoms with van der Waals surface area (Å²) in [5.41, 5.74) is 0.685. The van der Waals surface area contributed by atoms with Crippen LogP contribution in [-0.2, 0) is 4.74 Å². The molecule has 0 saturated heterocycles. The summed E-state index contributed by atoms with van der Waals surface area (Å²) in [6.07, 6.45) is -0.0228. The van der Waals surface area contributed by atoms with Gasteiger partial charge in [-0.25, -0.2) is 4.39 Å². The van der Waals surface area contributed by atoms with E-state index in [4.69, 9.17) is 9.15 Å². The van der Waals surface area contributed by atoms with Crippen molar-refractivity contribution in [2.75, 3.05) is 14.2 Å². The molecule has 17 heavy (non-hydrogen) atoms. The molecule has 2 atom stereocenters. The molecule has 0 amide bonds. The number of methoxy groups -OCH3 is 1. The first kappa shape index (κ1) is 12.1. The van der Waals surface area contributed by atoms with Crippen LogP contribution in [0.5, 0.6) is 0 Å². The third-order valence-electron chi connectivity index (χ3n) is 2.96. The van der Waals surface area contributed by atoms with Gasteiger partial charge in [0.1, 0.15) is 17.2 Å². The van der Waals surface area contributed by atoms with Crippen molar-refractivity contribution in [1.29, 1.82) is 0 Å². The van der Waals surface area contributed by atoms with Crippen molar-refractivity contribution in [3.05, 3.63) is 35.8 Å². The van der Waals surface area contributed by atoms with E-state index >= 15 is 0 Å². The molecular weight excluding hydrogens is 221 g/mol. The molecule has 0 spiro atoms. The molecule has 1 heterocycles. The molecule has 0 bridgehead atoms. The number of benzene rings is 1. The number of ether oxygens (including phenoxy) is 1. The molecule has 3 nitrogen and oxygen atoms in total. The van der Waals surface area contributed by atoms with E-state index in [2.05, 4.69) is 5.32 Å². The monoisotopic (exact) mass is 237 g/mol. The lowest BCUT2D eigenvalue weighted by Crippen LogP contribution is -2.28. The lowest BCUT2D eigenvalue weighted by molar-refractivity contribution is 0.0788. The average molecular weight is 237 g/mol. The van der Waals surface area contributed by atoms with Gasteiger partial charge in [0.05, 0.1) is 12.1 Å². The second kappa shape index (κ2) is 4.85. The van der Waals surface area contributed by atoms with Gasteiger partial charge in [0, 0.05) is 12.5 Å². The van der Waals surface area contributed by atoms with Gasteiger partial charge in [-0.2, -0.15) is 0 Å². The first-order chi connectivity index (χ1) is 8.15. The smallest absolute Gasteiger partial charge is 0.134 e. The van der Waals surface area contributed by atoms with Crippen LogP contribution >= 0.6 is 0 Å². The van der Waals surface area contributed by atoms with Gasteiger partial charge < -0.3 is 14.5 Å². The van der Waals surface area contributed by atoms with Crippen LogP contribution in [0.3, 0.4) is 0 Å². The number of hydrogen-bond donors (Lipinski definition) is 1. The Labute approximate surface area is 99.6 Å². The summed E-state index contributed by atoms with van der Waals surface area (Å²) in [5.74, 6) is 0.494. The summed E-state index contributed by atoms with van der Waals surface area (Å²) >= 11 is 0. The van der Waals surface area contributed by atoms with E-state index in [1.165, 1.54) is 12.1 Å². The van der Waals surface area contributed by atoms with Gasteiger partial charge in [-0.3, -0.25) is 0 Å². The van der Waals surface area contributed by atoms with Crippen LogP contribution in [0.25, 0.3) is 11.0 Å². The van der Waals surface area contributed by atoms with Gasteiger partial charge in [0.25, 0.3) is 0 Å². The standard InChI is InChI=1S/C13H16FNO2/c1-8(16-3)13(15-2)12-7-9-6-10(14)4-5-11(9)17-12/h4-8,13,15H,1-3H3. The fraction of sp³-hybridized carbons (Fsp3) is 0.385. The van der Waals surface area contributed by atoms with Crippen molar-refractivity contribution in [2.45, 2.75) is 19.1 Å². The van der Waals surface area contributed by atoms with E-state index in [0.717, 1.165) is 11.1 Å². The van der Waals surface area contributed by atoms with E-state index in [-0.39, 0.29) is 18.0 Å². The van der Waals surface area contributed by atoms with Crippen molar-refractivity contribution in [3.8, 4) is 0 Å². The fourth-order valence-corrected chi connectivity index (χ4v) is 1.93. The second-order valence-electron chi connectivity index (χ2n) is 4.04. The van der Waals surface area contributed by atoms with E-state index in [0.29, 0.717) is 5.58 Å². The molecule has 2 aromatic rings. The van der Waals surface area contributed by atoms with E-state index in [9.17, 15) is 4.39 Å². The topological polar surface area (TPSA) is 34.4 Å². The van der Waals surface area contributed by atoms with Gasteiger partial charge in [0.2, 0.25) is 0 Å². The van der Waals surface area contributed by atoms with E-state index < -0.39 is 0 Å². The Morgan fingerprint density at radius 2 is 2.12 bits per heavy atom. The number of likely N-dealkylation sites (N-methyl/N-ethyl adjacent to an activating group) is 1. The zero-order valence-corrected chi connectivity index (χ0v) is 10.2. The summed E-state index contributed by atoms with van der Waals surface area (Å²) in [7, 11) is 3.49. The molecule has 0 aliphatic heterocycles. The maximum Gasteiger partial charge on any atom is 0.134 e. The molecular formula is C13H16FNO2. The first-order valence-electron chi connectivity index (χ1n) is 5.54. The van der Waals surface area contributed by atoms with Gasteiger partial charge in [-0.05, 0) is 38.2 Å². The molecule has 0 aliphatic carbocycles. The number of hydrogen-bond acceptors (Lipinski definition) is 3. The molecule has 0 fully saturated rings. The fourth-order valence-electron chi connectivity index (χ4n) is 1.93. The highest BCUT2D eigenvalue weighted by Crippen LogP contribution is 2.26. The lowest BCUT2D eigenvalue weighted by atomic mass is 10.1. The number of furan rings is 1. The second-order valence-corrected chi connectivity index (χ2v) is 4.04. The Kier molecular flexibility index (Phi) is 3.45. The maximum atomic E-state index is 13.1. The van der Waals surface area contributed by atoms with Crippen LogP contribution in [0.15, 0.2) is 28.7 Å². The highest BCUT2D eigenvalue weighted by Gasteiger charge is 2.21. The summed E-state index contributed by atoms with van der Waals surface area (Å²) in [6.45, 7) is 1.95. The minimum absolute atomic E-state index is 0.0228. The van der Waals surface area contributed by atoms with E-state index in [1.807, 2.05) is 20.0 Å². The van der Waals surface area contributed by atoms with Crippen LogP contribution < -0.4 is 5.32 Å². The van der Waals surface area contributed by atoms with Crippen LogP contribution in [0.4, 0.5) is 4.39 Å². The van der Waals surface area contributed by atoms with E-state index in [1.54, 1.807) is 13.2 Å². The summed E-state index contributed by atoms with van der Waals surface area (Å²) < 4.78 is 24.0. The molecule has 92 valence electrons. The zero-order chi connectivity index (χ0) is 12.4. The van der Waals surface area contributed by atoms with Crippen LogP contribution in [0, 0.1) is 5.82 Å². The Hall–Kier alpha value is -1.39. The van der Waals surface area contributed by atoms with Gasteiger partial charge in [0.15, 0.2) is 0 Å². The molecule has 4 heteroatoms. The Bertz CT molecular complexity index is 509. The van der Waals surface area contributed by atoms with Crippen LogP contribution in [-0.4, -0.2) is 20.3 Å². The summed E-state index contributed by atoms with van der Waals surface area (Å²) in [4.78, 5) is 0. The van der Waals surface area contributed by atoms with Crippen LogP contribution in [0.1, 0.15) is 18.7 Å². The summed E-state index contributed by atoms with van der Waals surface area (Å²) in [6, 6.07) is 6.29. The highest BCUT2D eigenvalue weighted by molar-refractivity contribution is 5.78. The number of fused-ring (bicyclic) bond motifs is 1. The third kappa shape index (κ3) is 2.33. The number of rotatable bonds is 4. The van der Waals surface area contributed by atoms with Crippen molar-refractivity contribution in [2.24, 2.45) is 0 Å². The van der Waals surface area contributed by atoms with Crippen molar-refractivity contribution in [1.82, 2.24) is 5.32 Å². The molecule has 0 radical (unpaired) electrons. The minimum atomic E-state index is -0.259. The van der Waals surface area contributed by atoms with Gasteiger partial charge >= 0.3 is 0 Å². The molecule has 1 aromatic carbocycles. The maximum absolute atomic E-state index is 13.1. The van der Waals surface area contributed by atoms with Crippen molar-refractivity contribution >= 4 is 11.0 Å². The third-order valence-corrected chi connectivity index (χ3v) is 2.96. The molecule has 1 aromatic heterocycles. The Balaban J connectivity index is 2.41. The SMILES string of the molecule is CNC(c1cc2cc(F)ccc2o1)C(C)OC. The summed E-state index contributed by atoms with van der Waals surface area (Å²) in [5, 5.41) is 3.90. The molecule has 2 rings (SSSR count). The molecule has 2 unspecified atom stereocenters. The number of halogens is 1. The molecule has 1 N–H and O–H groups in total. The Morgan fingerprint density at radius 3 is 2.76 bits per heavy atom. The van der Waals surface area contributed by atoms with Gasteiger partial charge in [-0.1, -0.05) is 0 Å². The minimum Gasteiger partial charge on any atom is -0.459 e. The van der Waals surface area contributed by atoms with Crippen LogP contribution in [0.2, 0.25) is 0 Å². The first-order valence-corrected chi connectivity index (χ1v) is 5.54. The molecule has 0 aliphatic rings. The normalized spacial score (nSPS) is 15.1. The van der Waals surface area contributed by atoms with Crippen molar-refractivity contribution in [3.63, 3.8) is 0 Å². The zero-order valence-electron chi connectivity index (χ0n) is 10.2. The molecule has 0 saturated carbocycles. The quantitative estimate of drug-likeness (QED) is 0.887. The highest BCUT2D eigenvalue weighted by atomic mass is 19.1. The number of nitrogens with one attached hydrogen (secondary N) is 1. The average Bonchev–Trinajstić information content (AvgIpc) is 2.72. The van der Waals surface area contributed by atoms with Gasteiger partial charge in [-0.15, -0.1) is 0 Å². The largest absolute Gasteiger partial charge is 0.459 e.